The Labute approximate surface area is 115 Å². The first kappa shape index (κ1) is 14.1. The van der Waals surface area contributed by atoms with Crippen LogP contribution >= 0.6 is 0 Å². The molecule has 0 radical (unpaired) electrons. The van der Waals surface area contributed by atoms with Crippen LogP contribution in [-0.4, -0.2) is 34.8 Å². The van der Waals surface area contributed by atoms with Gasteiger partial charge >= 0.3 is 0 Å². The van der Waals surface area contributed by atoms with E-state index in [9.17, 15) is 9.59 Å². The van der Waals surface area contributed by atoms with Gasteiger partial charge in [0.2, 0.25) is 11.8 Å². The molecular weight excluding hydrogens is 240 g/mol. The SMILES string of the molecule is CCC1NC(=O)C(C(C)C)N(C2CC=CCC2)C1=O. The normalized spacial score (nSPS) is 31.8. The lowest BCUT2D eigenvalue weighted by Crippen LogP contribution is -2.67. The summed E-state index contributed by atoms with van der Waals surface area (Å²) < 4.78 is 0. The lowest BCUT2D eigenvalue weighted by Gasteiger charge is -2.45. The standard InChI is InChI=1S/C15H24N2O2/c1-4-12-15(19)17(11-8-6-5-7-9-11)13(10(2)3)14(18)16-12/h5-6,10-13H,4,7-9H2,1-3H3,(H,16,18). The molecule has 4 heteroatoms. The first-order valence-electron chi connectivity index (χ1n) is 7.33. The Balaban J connectivity index is 2.28. The van der Waals surface area contributed by atoms with Gasteiger partial charge in [-0.2, -0.15) is 0 Å². The van der Waals surface area contributed by atoms with Gasteiger partial charge in [-0.3, -0.25) is 9.59 Å². The largest absolute Gasteiger partial charge is 0.343 e. The van der Waals surface area contributed by atoms with Crippen LogP contribution in [0.1, 0.15) is 46.5 Å². The minimum absolute atomic E-state index is 0.0102. The van der Waals surface area contributed by atoms with Crippen LogP contribution in [-0.2, 0) is 9.59 Å². The molecule has 4 nitrogen and oxygen atoms in total. The van der Waals surface area contributed by atoms with Crippen molar-refractivity contribution < 1.29 is 9.59 Å². The molecule has 3 atom stereocenters. The van der Waals surface area contributed by atoms with Crippen molar-refractivity contribution >= 4 is 11.8 Å². The van der Waals surface area contributed by atoms with Crippen LogP contribution in [0.5, 0.6) is 0 Å². The lowest BCUT2D eigenvalue weighted by atomic mass is 9.90. The summed E-state index contributed by atoms with van der Waals surface area (Å²) >= 11 is 0. The fourth-order valence-corrected chi connectivity index (χ4v) is 3.10. The number of carbonyl (C=O) groups is 2. The smallest absolute Gasteiger partial charge is 0.246 e. The highest BCUT2D eigenvalue weighted by molar-refractivity contribution is 5.97. The Hall–Kier alpha value is -1.32. The summed E-state index contributed by atoms with van der Waals surface area (Å²) in [5.74, 6) is 0.254. The first-order chi connectivity index (χ1) is 9.06. The van der Waals surface area contributed by atoms with Gasteiger partial charge in [0.25, 0.3) is 0 Å². The number of nitrogens with zero attached hydrogens (tertiary/aromatic N) is 1. The molecule has 106 valence electrons. The third kappa shape index (κ3) is 2.67. The van der Waals surface area contributed by atoms with Gasteiger partial charge in [-0.1, -0.05) is 32.9 Å². The summed E-state index contributed by atoms with van der Waals surface area (Å²) in [5.41, 5.74) is 0. The van der Waals surface area contributed by atoms with Crippen molar-refractivity contribution in [1.82, 2.24) is 10.2 Å². The van der Waals surface area contributed by atoms with Gasteiger partial charge in [0.1, 0.15) is 12.1 Å². The van der Waals surface area contributed by atoms with E-state index < -0.39 is 0 Å². The fourth-order valence-electron chi connectivity index (χ4n) is 3.10. The maximum atomic E-state index is 12.6. The Morgan fingerprint density at radius 1 is 1.37 bits per heavy atom. The summed E-state index contributed by atoms with van der Waals surface area (Å²) in [4.78, 5) is 26.8. The monoisotopic (exact) mass is 264 g/mol. The van der Waals surface area contributed by atoms with Crippen molar-refractivity contribution in [3.05, 3.63) is 12.2 Å². The molecule has 3 unspecified atom stereocenters. The number of allylic oxidation sites excluding steroid dienone is 1. The number of piperazine rings is 1. The summed E-state index contributed by atoms with van der Waals surface area (Å²) in [6.07, 6.45) is 7.79. The van der Waals surface area contributed by atoms with E-state index in [-0.39, 0.29) is 35.9 Å². The van der Waals surface area contributed by atoms with Gasteiger partial charge in [-0.15, -0.1) is 0 Å². The minimum Gasteiger partial charge on any atom is -0.343 e. The topological polar surface area (TPSA) is 49.4 Å². The highest BCUT2D eigenvalue weighted by atomic mass is 16.2. The fraction of sp³-hybridized carbons (Fsp3) is 0.733. The third-order valence-corrected chi connectivity index (χ3v) is 4.11. The molecule has 1 N–H and O–H groups in total. The predicted molar refractivity (Wildman–Crippen MR) is 74.5 cm³/mol. The van der Waals surface area contributed by atoms with Crippen LogP contribution in [0.25, 0.3) is 0 Å². The van der Waals surface area contributed by atoms with Gasteiger partial charge < -0.3 is 10.2 Å². The van der Waals surface area contributed by atoms with Crippen LogP contribution in [0, 0.1) is 5.92 Å². The van der Waals surface area contributed by atoms with Gasteiger partial charge in [0, 0.05) is 6.04 Å². The van der Waals surface area contributed by atoms with Gasteiger partial charge in [-0.05, 0) is 31.6 Å². The summed E-state index contributed by atoms with van der Waals surface area (Å²) in [6.45, 7) is 5.96. The maximum Gasteiger partial charge on any atom is 0.246 e. The van der Waals surface area contributed by atoms with Crippen LogP contribution in [0.2, 0.25) is 0 Å². The average molecular weight is 264 g/mol. The van der Waals surface area contributed by atoms with Crippen molar-refractivity contribution in [3.8, 4) is 0 Å². The highest BCUT2D eigenvalue weighted by Gasteiger charge is 2.44. The molecule has 0 aromatic heterocycles. The zero-order valence-electron chi connectivity index (χ0n) is 12.1. The predicted octanol–water partition coefficient (Wildman–Crippen LogP) is 1.86. The molecule has 0 spiro atoms. The van der Waals surface area contributed by atoms with Crippen LogP contribution < -0.4 is 5.32 Å². The van der Waals surface area contributed by atoms with E-state index in [1.807, 2.05) is 25.7 Å². The Morgan fingerprint density at radius 3 is 2.63 bits per heavy atom. The third-order valence-electron chi connectivity index (χ3n) is 4.11. The molecule has 1 saturated heterocycles. The Morgan fingerprint density at radius 2 is 2.11 bits per heavy atom. The maximum absolute atomic E-state index is 12.6. The van der Waals surface area contributed by atoms with Crippen LogP contribution in [0.15, 0.2) is 12.2 Å². The van der Waals surface area contributed by atoms with Crippen molar-refractivity contribution in [2.24, 2.45) is 5.92 Å². The van der Waals surface area contributed by atoms with E-state index in [4.69, 9.17) is 0 Å². The van der Waals surface area contributed by atoms with Crippen molar-refractivity contribution in [2.75, 3.05) is 0 Å². The number of hydrogen-bond acceptors (Lipinski definition) is 2. The molecule has 2 aliphatic rings. The minimum atomic E-state index is -0.339. The van der Waals surface area contributed by atoms with Crippen molar-refractivity contribution in [3.63, 3.8) is 0 Å². The molecule has 1 aliphatic heterocycles. The number of carbonyl (C=O) groups excluding carboxylic acids is 2. The molecule has 1 heterocycles. The van der Waals surface area contributed by atoms with Gasteiger partial charge in [0.05, 0.1) is 0 Å². The van der Waals surface area contributed by atoms with E-state index >= 15 is 0 Å². The quantitative estimate of drug-likeness (QED) is 0.791. The second kappa shape index (κ2) is 5.76. The molecular formula is C15H24N2O2. The van der Waals surface area contributed by atoms with E-state index in [1.54, 1.807) is 0 Å². The van der Waals surface area contributed by atoms with E-state index in [0.717, 1.165) is 19.3 Å². The molecule has 0 aromatic carbocycles. The summed E-state index contributed by atoms with van der Waals surface area (Å²) in [6, 6.07) is -0.467. The number of hydrogen-bond donors (Lipinski definition) is 1. The van der Waals surface area contributed by atoms with Crippen molar-refractivity contribution in [2.45, 2.75) is 64.6 Å². The van der Waals surface area contributed by atoms with E-state index in [0.29, 0.717) is 6.42 Å². The van der Waals surface area contributed by atoms with E-state index in [1.165, 1.54) is 0 Å². The number of amides is 2. The molecule has 0 bridgehead atoms. The van der Waals surface area contributed by atoms with Crippen LogP contribution in [0.3, 0.4) is 0 Å². The van der Waals surface area contributed by atoms with Crippen molar-refractivity contribution in [1.29, 1.82) is 0 Å². The molecule has 1 aliphatic carbocycles. The van der Waals surface area contributed by atoms with E-state index in [2.05, 4.69) is 17.5 Å². The zero-order chi connectivity index (χ0) is 14.0. The molecule has 19 heavy (non-hydrogen) atoms. The Kier molecular flexibility index (Phi) is 4.27. The molecule has 0 aromatic rings. The Bertz CT molecular complexity index is 390. The summed E-state index contributed by atoms with van der Waals surface area (Å²) in [7, 11) is 0. The molecule has 2 rings (SSSR count). The summed E-state index contributed by atoms with van der Waals surface area (Å²) in [5, 5.41) is 2.87. The molecule has 0 saturated carbocycles. The van der Waals surface area contributed by atoms with Gasteiger partial charge in [0.15, 0.2) is 0 Å². The second-order valence-corrected chi connectivity index (χ2v) is 5.84. The second-order valence-electron chi connectivity index (χ2n) is 5.84. The lowest BCUT2D eigenvalue weighted by molar-refractivity contribution is -0.154. The highest BCUT2D eigenvalue weighted by Crippen LogP contribution is 2.27. The first-order valence-corrected chi connectivity index (χ1v) is 7.33. The van der Waals surface area contributed by atoms with Crippen LogP contribution in [0.4, 0.5) is 0 Å². The number of rotatable bonds is 3. The number of nitrogens with one attached hydrogen (secondary N) is 1. The average Bonchev–Trinajstić information content (AvgIpc) is 2.41. The van der Waals surface area contributed by atoms with Gasteiger partial charge in [-0.25, -0.2) is 0 Å². The molecule has 1 fully saturated rings. The molecule has 2 amide bonds. The zero-order valence-corrected chi connectivity index (χ0v) is 12.1.